The van der Waals surface area contributed by atoms with Crippen LogP contribution in [0.25, 0.3) is 0 Å². The molecule has 0 aromatic heterocycles. The van der Waals surface area contributed by atoms with Crippen LogP contribution in [0.4, 0.5) is 15.8 Å². The predicted molar refractivity (Wildman–Crippen MR) is 173 cm³/mol. The molecule has 0 aliphatic carbocycles. The van der Waals surface area contributed by atoms with Gasteiger partial charge in [0.2, 0.25) is 15.9 Å². The van der Waals surface area contributed by atoms with Gasteiger partial charge >= 0.3 is 0 Å². The number of amides is 2. The van der Waals surface area contributed by atoms with Gasteiger partial charge in [0.05, 0.1) is 18.0 Å². The van der Waals surface area contributed by atoms with Gasteiger partial charge in [-0.25, -0.2) is 12.8 Å². The van der Waals surface area contributed by atoms with E-state index < -0.39 is 39.7 Å². The van der Waals surface area contributed by atoms with E-state index in [0.717, 1.165) is 29.0 Å². The van der Waals surface area contributed by atoms with Crippen molar-refractivity contribution in [1.29, 1.82) is 0 Å². The molecule has 0 unspecified atom stereocenters. The van der Waals surface area contributed by atoms with Crippen LogP contribution in [0.1, 0.15) is 56.0 Å². The molecule has 0 aliphatic heterocycles. The summed E-state index contributed by atoms with van der Waals surface area (Å²) >= 11 is 0. The summed E-state index contributed by atoms with van der Waals surface area (Å²) in [6.45, 7) is 5.72. The summed E-state index contributed by atoms with van der Waals surface area (Å²) in [4.78, 5) is 26.6. The summed E-state index contributed by atoms with van der Waals surface area (Å²) < 4.78 is 45.1. The lowest BCUT2D eigenvalue weighted by molar-refractivity contribution is -0.119. The number of hydrogen-bond acceptors (Lipinski definition) is 6. The maximum Gasteiger partial charge on any atom is 0.251 e. The molecule has 2 amide bonds. The molecule has 4 N–H and O–H groups in total. The van der Waals surface area contributed by atoms with Gasteiger partial charge in [-0.3, -0.25) is 13.9 Å². The van der Waals surface area contributed by atoms with Crippen molar-refractivity contribution in [1.82, 2.24) is 5.32 Å². The molecular formula is C33H43FN4O5S. The molecule has 9 nitrogen and oxygen atoms in total. The average molecular weight is 627 g/mol. The van der Waals surface area contributed by atoms with Gasteiger partial charge in [-0.2, -0.15) is 0 Å². The quantitative estimate of drug-likeness (QED) is 0.215. The van der Waals surface area contributed by atoms with Crippen LogP contribution in [-0.4, -0.2) is 51.7 Å². The minimum atomic E-state index is -3.61. The molecule has 3 atom stereocenters. The molecule has 11 heteroatoms. The van der Waals surface area contributed by atoms with Gasteiger partial charge in [-0.15, -0.1) is 0 Å². The largest absolute Gasteiger partial charge is 0.490 e. The first kappa shape index (κ1) is 34.5. The fourth-order valence-corrected chi connectivity index (χ4v) is 5.20. The molecule has 3 aromatic rings. The highest BCUT2D eigenvalue weighted by atomic mass is 32.2. The molecule has 0 radical (unpaired) electrons. The Balaban J connectivity index is 1.87. The van der Waals surface area contributed by atoms with Crippen molar-refractivity contribution in [2.45, 2.75) is 64.6 Å². The highest BCUT2D eigenvalue weighted by Crippen LogP contribution is 2.27. The maximum atomic E-state index is 13.7. The SMILES string of the molecule is CCC(CC)Oc1cc(C(=O)N[C@@H](Cc2ccccc2)[C@@H](N)C[C@@H](C)C(=O)Nc2ccc(F)cc2)cc(N(C)S(C)(=O)=O)c1. The molecule has 238 valence electrons. The Labute approximate surface area is 260 Å². The number of sulfonamides is 1. The first-order chi connectivity index (χ1) is 20.8. The number of carbonyl (C=O) groups is 2. The molecule has 3 aromatic carbocycles. The third-order valence-electron chi connectivity index (χ3n) is 7.54. The second-order valence-corrected chi connectivity index (χ2v) is 13.1. The van der Waals surface area contributed by atoms with Gasteiger partial charge in [0, 0.05) is 42.4 Å². The second kappa shape index (κ2) is 15.7. The number of hydrogen-bond donors (Lipinski definition) is 3. The molecule has 0 aliphatic rings. The molecule has 3 rings (SSSR count). The van der Waals surface area contributed by atoms with Crippen molar-refractivity contribution in [2.24, 2.45) is 11.7 Å². The van der Waals surface area contributed by atoms with Gasteiger partial charge in [-0.05, 0) is 67.6 Å². The Morgan fingerprint density at radius 1 is 1.00 bits per heavy atom. The molecule has 0 heterocycles. The smallest absolute Gasteiger partial charge is 0.251 e. The van der Waals surface area contributed by atoms with Crippen LogP contribution in [0.2, 0.25) is 0 Å². The summed E-state index contributed by atoms with van der Waals surface area (Å²) in [6, 6.07) is 18.5. The van der Waals surface area contributed by atoms with E-state index in [1.807, 2.05) is 44.2 Å². The molecule has 0 spiro atoms. The van der Waals surface area contributed by atoms with E-state index in [2.05, 4.69) is 10.6 Å². The Morgan fingerprint density at radius 3 is 2.23 bits per heavy atom. The van der Waals surface area contributed by atoms with Crippen molar-refractivity contribution in [3.63, 3.8) is 0 Å². The number of rotatable bonds is 15. The van der Waals surface area contributed by atoms with Crippen LogP contribution in [0.3, 0.4) is 0 Å². The Hall–Kier alpha value is -3.96. The molecule has 0 bridgehead atoms. The third kappa shape index (κ3) is 10.1. The summed E-state index contributed by atoms with van der Waals surface area (Å²) in [5, 5.41) is 5.81. The molecule has 44 heavy (non-hydrogen) atoms. The van der Waals surface area contributed by atoms with Crippen molar-refractivity contribution in [3.8, 4) is 5.75 Å². The highest BCUT2D eigenvalue weighted by molar-refractivity contribution is 7.92. The van der Waals surface area contributed by atoms with Gasteiger partial charge in [0.1, 0.15) is 11.6 Å². The van der Waals surface area contributed by atoms with Gasteiger partial charge in [0.15, 0.2) is 0 Å². The number of anilines is 2. The normalized spacial score (nSPS) is 13.5. The maximum absolute atomic E-state index is 13.7. The van der Waals surface area contributed by atoms with Gasteiger partial charge in [-0.1, -0.05) is 51.1 Å². The third-order valence-corrected chi connectivity index (χ3v) is 8.75. The standard InChI is InChI=1S/C33H43FN4O5S/c1-6-28(7-2)43-29-20-24(19-27(21-29)38(4)44(5,41)42)33(40)37-31(18-23-11-9-8-10-12-23)30(35)17-22(3)32(39)36-26-15-13-25(34)14-16-26/h8-16,19-22,28,30-31H,6-7,17-18,35H2,1-5H3,(H,36,39)(H,37,40)/t22-,30+,31+/m1/s1. The fraction of sp³-hybridized carbons (Fsp3) is 0.394. The summed E-state index contributed by atoms with van der Waals surface area (Å²) in [7, 11) is -2.19. The zero-order valence-corrected chi connectivity index (χ0v) is 26.7. The van der Waals surface area contributed by atoms with Gasteiger partial charge in [0.25, 0.3) is 5.91 Å². The minimum absolute atomic E-state index is 0.105. The van der Waals surface area contributed by atoms with E-state index in [4.69, 9.17) is 10.5 Å². The lowest BCUT2D eigenvalue weighted by atomic mass is 9.92. The van der Waals surface area contributed by atoms with E-state index in [-0.39, 0.29) is 29.7 Å². The summed E-state index contributed by atoms with van der Waals surface area (Å²) in [5.41, 5.74) is 8.57. The van der Waals surface area contributed by atoms with Crippen LogP contribution in [-0.2, 0) is 21.2 Å². The molecule has 0 saturated carbocycles. The number of nitrogens with zero attached hydrogens (tertiary/aromatic N) is 1. The van der Waals surface area contributed by atoms with Crippen LogP contribution < -0.4 is 25.4 Å². The zero-order chi connectivity index (χ0) is 32.4. The second-order valence-electron chi connectivity index (χ2n) is 11.1. The Kier molecular flexibility index (Phi) is 12.3. The van der Waals surface area contributed by atoms with E-state index in [0.29, 0.717) is 17.9 Å². The van der Waals surface area contributed by atoms with Crippen LogP contribution in [0.15, 0.2) is 72.8 Å². The van der Waals surface area contributed by atoms with Gasteiger partial charge < -0.3 is 21.1 Å². The average Bonchev–Trinajstić information content (AvgIpc) is 3.00. The van der Waals surface area contributed by atoms with E-state index in [9.17, 15) is 22.4 Å². The van der Waals surface area contributed by atoms with Crippen molar-refractivity contribution in [3.05, 3.63) is 89.7 Å². The number of benzene rings is 3. The van der Waals surface area contributed by atoms with Crippen molar-refractivity contribution < 1.29 is 27.1 Å². The summed E-state index contributed by atoms with van der Waals surface area (Å²) in [6.07, 6.45) is 3.12. The minimum Gasteiger partial charge on any atom is -0.490 e. The molecular weight excluding hydrogens is 583 g/mol. The van der Waals surface area contributed by atoms with Crippen LogP contribution in [0, 0.1) is 11.7 Å². The van der Waals surface area contributed by atoms with Crippen LogP contribution in [0.5, 0.6) is 5.75 Å². The zero-order valence-electron chi connectivity index (χ0n) is 25.9. The van der Waals surface area contributed by atoms with E-state index >= 15 is 0 Å². The monoisotopic (exact) mass is 626 g/mol. The van der Waals surface area contributed by atoms with E-state index in [1.165, 1.54) is 37.4 Å². The predicted octanol–water partition coefficient (Wildman–Crippen LogP) is 5.12. The van der Waals surface area contributed by atoms with E-state index in [1.54, 1.807) is 19.1 Å². The highest BCUT2D eigenvalue weighted by Gasteiger charge is 2.27. The lowest BCUT2D eigenvalue weighted by Crippen LogP contribution is -2.50. The number of nitrogens with one attached hydrogen (secondary N) is 2. The first-order valence-electron chi connectivity index (χ1n) is 14.7. The fourth-order valence-electron chi connectivity index (χ4n) is 4.71. The Bertz CT molecular complexity index is 1500. The number of ether oxygens (including phenoxy) is 1. The molecule has 0 fully saturated rings. The number of nitrogens with two attached hydrogens (primary N) is 1. The van der Waals surface area contributed by atoms with Crippen molar-refractivity contribution in [2.75, 3.05) is 22.9 Å². The van der Waals surface area contributed by atoms with Crippen LogP contribution >= 0.6 is 0 Å². The summed E-state index contributed by atoms with van der Waals surface area (Å²) in [5.74, 6) is -1.27. The first-order valence-corrected chi connectivity index (χ1v) is 16.6. The lowest BCUT2D eigenvalue weighted by Gasteiger charge is -2.28. The number of halogens is 1. The molecule has 0 saturated heterocycles. The topological polar surface area (TPSA) is 131 Å². The number of carbonyl (C=O) groups excluding carboxylic acids is 2. The van der Waals surface area contributed by atoms with Crippen molar-refractivity contribution >= 4 is 33.2 Å². The Morgan fingerprint density at radius 2 is 1.64 bits per heavy atom.